The minimum Gasteiger partial charge on any atom is -0.487 e. The Morgan fingerprint density at radius 3 is 2.59 bits per heavy atom. The van der Waals surface area contributed by atoms with Gasteiger partial charge in [-0.2, -0.15) is 0 Å². The Hall–Kier alpha value is -0.960. The van der Waals surface area contributed by atoms with Gasteiger partial charge in [0.1, 0.15) is 17.5 Å². The molecular weight excluding hydrogens is 280 g/mol. The molecular formula is C12H8Cl3NO. The van der Waals surface area contributed by atoms with Crippen molar-refractivity contribution < 1.29 is 4.74 Å². The van der Waals surface area contributed by atoms with Crippen molar-refractivity contribution in [3.05, 3.63) is 57.3 Å². The SMILES string of the molecule is Clc1ccc(OCc2ccnc(Cl)c2)c(Cl)c1. The van der Waals surface area contributed by atoms with Gasteiger partial charge in [-0.1, -0.05) is 34.8 Å². The first kappa shape index (κ1) is 12.5. The van der Waals surface area contributed by atoms with Crippen molar-refractivity contribution >= 4 is 34.8 Å². The molecule has 88 valence electrons. The number of rotatable bonds is 3. The van der Waals surface area contributed by atoms with E-state index in [1.165, 1.54) is 0 Å². The van der Waals surface area contributed by atoms with E-state index in [4.69, 9.17) is 39.5 Å². The lowest BCUT2D eigenvalue weighted by Gasteiger charge is -2.08. The van der Waals surface area contributed by atoms with E-state index in [2.05, 4.69) is 4.98 Å². The Bertz CT molecular complexity index is 531. The Morgan fingerprint density at radius 2 is 1.88 bits per heavy atom. The summed E-state index contributed by atoms with van der Waals surface area (Å²) in [5.74, 6) is 0.587. The fourth-order valence-corrected chi connectivity index (χ4v) is 1.95. The molecule has 0 N–H and O–H groups in total. The average molecular weight is 289 g/mol. The zero-order chi connectivity index (χ0) is 12.3. The fraction of sp³-hybridized carbons (Fsp3) is 0.0833. The average Bonchev–Trinajstić information content (AvgIpc) is 2.28. The van der Waals surface area contributed by atoms with Crippen LogP contribution in [0.4, 0.5) is 0 Å². The maximum Gasteiger partial charge on any atom is 0.138 e. The molecule has 0 fully saturated rings. The van der Waals surface area contributed by atoms with E-state index in [0.29, 0.717) is 27.6 Å². The first-order chi connectivity index (χ1) is 8.15. The third-order valence-electron chi connectivity index (χ3n) is 2.08. The minimum absolute atomic E-state index is 0.379. The first-order valence-electron chi connectivity index (χ1n) is 4.83. The number of ether oxygens (including phenoxy) is 1. The zero-order valence-corrected chi connectivity index (χ0v) is 10.9. The number of benzene rings is 1. The maximum atomic E-state index is 5.98. The molecule has 17 heavy (non-hydrogen) atoms. The minimum atomic E-state index is 0.379. The van der Waals surface area contributed by atoms with E-state index < -0.39 is 0 Å². The second-order valence-electron chi connectivity index (χ2n) is 3.35. The third-order valence-corrected chi connectivity index (χ3v) is 2.82. The molecule has 0 bridgehead atoms. The molecule has 0 amide bonds. The number of nitrogens with zero attached hydrogens (tertiary/aromatic N) is 1. The molecule has 0 radical (unpaired) electrons. The Morgan fingerprint density at radius 1 is 1.06 bits per heavy atom. The van der Waals surface area contributed by atoms with Crippen LogP contribution in [-0.2, 0) is 6.61 Å². The fourth-order valence-electron chi connectivity index (χ4n) is 1.29. The van der Waals surface area contributed by atoms with Crippen molar-refractivity contribution in [2.75, 3.05) is 0 Å². The second-order valence-corrected chi connectivity index (χ2v) is 4.58. The molecule has 0 spiro atoms. The molecule has 1 heterocycles. The van der Waals surface area contributed by atoms with E-state index in [-0.39, 0.29) is 0 Å². The summed E-state index contributed by atoms with van der Waals surface area (Å²) in [7, 11) is 0. The second kappa shape index (κ2) is 5.58. The molecule has 2 nitrogen and oxygen atoms in total. The summed E-state index contributed by atoms with van der Waals surface area (Å²) in [5.41, 5.74) is 0.927. The topological polar surface area (TPSA) is 22.1 Å². The number of halogens is 3. The highest BCUT2D eigenvalue weighted by atomic mass is 35.5. The normalized spacial score (nSPS) is 10.3. The van der Waals surface area contributed by atoms with Crippen LogP contribution in [0, 0.1) is 0 Å². The van der Waals surface area contributed by atoms with Gasteiger partial charge in [0.15, 0.2) is 0 Å². The predicted octanol–water partition coefficient (Wildman–Crippen LogP) is 4.62. The van der Waals surface area contributed by atoms with Crippen LogP contribution < -0.4 is 4.74 Å². The molecule has 5 heteroatoms. The van der Waals surface area contributed by atoms with Crippen molar-refractivity contribution in [2.45, 2.75) is 6.61 Å². The summed E-state index contributed by atoms with van der Waals surface area (Å²) < 4.78 is 5.56. The van der Waals surface area contributed by atoms with E-state index in [1.807, 2.05) is 6.07 Å². The molecule has 1 aromatic carbocycles. The lowest BCUT2D eigenvalue weighted by molar-refractivity contribution is 0.306. The van der Waals surface area contributed by atoms with Crippen molar-refractivity contribution in [1.82, 2.24) is 4.98 Å². The summed E-state index contributed by atoms with van der Waals surface area (Å²) >= 11 is 17.5. The molecule has 0 aliphatic heterocycles. The molecule has 0 saturated heterocycles. The molecule has 0 aliphatic rings. The molecule has 2 aromatic rings. The monoisotopic (exact) mass is 287 g/mol. The van der Waals surface area contributed by atoms with Gasteiger partial charge in [0.2, 0.25) is 0 Å². The molecule has 0 aliphatic carbocycles. The van der Waals surface area contributed by atoms with Crippen LogP contribution in [0.3, 0.4) is 0 Å². The Balaban J connectivity index is 2.07. The van der Waals surface area contributed by atoms with E-state index in [9.17, 15) is 0 Å². The van der Waals surface area contributed by atoms with E-state index in [1.54, 1.807) is 30.5 Å². The number of hydrogen-bond donors (Lipinski definition) is 0. The summed E-state index contributed by atoms with van der Waals surface area (Å²) in [6.07, 6.45) is 1.63. The van der Waals surface area contributed by atoms with E-state index in [0.717, 1.165) is 5.56 Å². The van der Waals surface area contributed by atoms with Crippen LogP contribution in [-0.4, -0.2) is 4.98 Å². The lowest BCUT2D eigenvalue weighted by Crippen LogP contribution is -1.96. The van der Waals surface area contributed by atoms with Crippen LogP contribution in [0.1, 0.15) is 5.56 Å². The van der Waals surface area contributed by atoms with Crippen molar-refractivity contribution in [2.24, 2.45) is 0 Å². The van der Waals surface area contributed by atoms with Crippen molar-refractivity contribution in [3.8, 4) is 5.75 Å². The van der Waals surface area contributed by atoms with Gasteiger partial charge in [-0.05, 0) is 35.9 Å². The van der Waals surface area contributed by atoms with Gasteiger partial charge < -0.3 is 4.74 Å². The number of aromatic nitrogens is 1. The van der Waals surface area contributed by atoms with E-state index >= 15 is 0 Å². The van der Waals surface area contributed by atoms with Gasteiger partial charge in [-0.3, -0.25) is 0 Å². The smallest absolute Gasteiger partial charge is 0.138 e. The van der Waals surface area contributed by atoms with Crippen LogP contribution in [0.25, 0.3) is 0 Å². The van der Waals surface area contributed by atoms with Crippen LogP contribution >= 0.6 is 34.8 Å². The molecule has 0 atom stereocenters. The highest BCUT2D eigenvalue weighted by molar-refractivity contribution is 6.35. The Labute approximate surface area is 114 Å². The molecule has 2 rings (SSSR count). The van der Waals surface area contributed by atoms with Crippen LogP contribution in [0.15, 0.2) is 36.5 Å². The summed E-state index contributed by atoms with van der Waals surface area (Å²) in [4.78, 5) is 3.89. The quantitative estimate of drug-likeness (QED) is 0.769. The van der Waals surface area contributed by atoms with Gasteiger partial charge in [-0.15, -0.1) is 0 Å². The largest absolute Gasteiger partial charge is 0.487 e. The number of pyridine rings is 1. The maximum absolute atomic E-state index is 5.98. The van der Waals surface area contributed by atoms with Gasteiger partial charge in [0, 0.05) is 11.2 Å². The van der Waals surface area contributed by atoms with Crippen molar-refractivity contribution in [3.63, 3.8) is 0 Å². The van der Waals surface area contributed by atoms with Crippen LogP contribution in [0.2, 0.25) is 15.2 Å². The first-order valence-corrected chi connectivity index (χ1v) is 5.97. The molecule has 1 aromatic heterocycles. The summed E-state index contributed by atoms with van der Waals surface area (Å²) in [5, 5.41) is 1.50. The summed E-state index contributed by atoms with van der Waals surface area (Å²) in [6.45, 7) is 0.379. The van der Waals surface area contributed by atoms with Gasteiger partial charge in [-0.25, -0.2) is 4.98 Å². The highest BCUT2D eigenvalue weighted by Gasteiger charge is 2.03. The predicted molar refractivity (Wildman–Crippen MR) is 70.0 cm³/mol. The van der Waals surface area contributed by atoms with Gasteiger partial charge in [0.05, 0.1) is 5.02 Å². The molecule has 0 unspecified atom stereocenters. The molecule has 0 saturated carbocycles. The van der Waals surface area contributed by atoms with Gasteiger partial charge >= 0.3 is 0 Å². The third kappa shape index (κ3) is 3.50. The standard InChI is InChI=1S/C12H8Cl3NO/c13-9-1-2-11(10(14)6-9)17-7-8-3-4-16-12(15)5-8/h1-6H,7H2. The Kier molecular flexibility index (Phi) is 4.11. The number of hydrogen-bond acceptors (Lipinski definition) is 2. The van der Waals surface area contributed by atoms with Gasteiger partial charge in [0.25, 0.3) is 0 Å². The lowest BCUT2D eigenvalue weighted by atomic mass is 10.3. The van der Waals surface area contributed by atoms with Crippen LogP contribution in [0.5, 0.6) is 5.75 Å². The zero-order valence-electron chi connectivity index (χ0n) is 8.66. The summed E-state index contributed by atoms with van der Waals surface area (Å²) in [6, 6.07) is 8.66. The highest BCUT2D eigenvalue weighted by Crippen LogP contribution is 2.28. The van der Waals surface area contributed by atoms with Crippen molar-refractivity contribution in [1.29, 1.82) is 0 Å².